The first-order valence-electron chi connectivity index (χ1n) is 7.48. The van der Waals surface area contributed by atoms with Gasteiger partial charge in [-0.05, 0) is 50.3 Å². The normalized spacial score (nSPS) is 15.2. The molecule has 1 atom stereocenters. The standard InChI is InChI=1S/C16H24N2O3/c1-4-21-14-8-5-12(9-15(14)20-3)10-17-16(19)18-11(2)13-6-7-13/h5,8-9,11,13H,4,6-7,10H2,1-3H3,(H2,17,18,19). The molecule has 0 spiro atoms. The van der Waals surface area contributed by atoms with E-state index in [1.165, 1.54) is 12.8 Å². The van der Waals surface area contributed by atoms with Crippen molar-refractivity contribution in [3.8, 4) is 11.5 Å². The number of amides is 2. The van der Waals surface area contributed by atoms with Crippen molar-refractivity contribution in [1.29, 1.82) is 0 Å². The van der Waals surface area contributed by atoms with Gasteiger partial charge in [0.05, 0.1) is 13.7 Å². The molecule has 1 unspecified atom stereocenters. The van der Waals surface area contributed by atoms with Crippen molar-refractivity contribution in [2.24, 2.45) is 5.92 Å². The average molecular weight is 292 g/mol. The molecule has 2 amide bonds. The van der Waals surface area contributed by atoms with Crippen LogP contribution in [0.3, 0.4) is 0 Å². The number of ether oxygens (including phenoxy) is 2. The molecular weight excluding hydrogens is 268 g/mol. The van der Waals surface area contributed by atoms with Gasteiger partial charge < -0.3 is 20.1 Å². The zero-order valence-electron chi connectivity index (χ0n) is 12.9. The first kappa shape index (κ1) is 15.5. The number of benzene rings is 1. The van der Waals surface area contributed by atoms with Crippen molar-refractivity contribution in [3.63, 3.8) is 0 Å². The quantitative estimate of drug-likeness (QED) is 0.812. The second-order valence-corrected chi connectivity index (χ2v) is 5.37. The van der Waals surface area contributed by atoms with E-state index < -0.39 is 0 Å². The summed E-state index contributed by atoms with van der Waals surface area (Å²) >= 11 is 0. The molecule has 2 rings (SSSR count). The first-order chi connectivity index (χ1) is 10.1. The summed E-state index contributed by atoms with van der Waals surface area (Å²) in [4.78, 5) is 11.8. The first-order valence-corrected chi connectivity index (χ1v) is 7.48. The van der Waals surface area contributed by atoms with Crippen LogP contribution in [0.15, 0.2) is 18.2 Å². The van der Waals surface area contributed by atoms with E-state index in [0.717, 1.165) is 11.3 Å². The summed E-state index contributed by atoms with van der Waals surface area (Å²) in [6.45, 7) is 5.04. The Hall–Kier alpha value is -1.91. The molecule has 1 aliphatic rings. The highest BCUT2D eigenvalue weighted by atomic mass is 16.5. The lowest BCUT2D eigenvalue weighted by Crippen LogP contribution is -2.41. The highest BCUT2D eigenvalue weighted by Crippen LogP contribution is 2.32. The third-order valence-corrected chi connectivity index (χ3v) is 3.67. The highest BCUT2D eigenvalue weighted by Gasteiger charge is 2.28. The van der Waals surface area contributed by atoms with E-state index in [0.29, 0.717) is 24.8 Å². The molecule has 5 nitrogen and oxygen atoms in total. The van der Waals surface area contributed by atoms with Gasteiger partial charge in [-0.1, -0.05) is 6.07 Å². The third kappa shape index (κ3) is 4.55. The Morgan fingerprint density at radius 3 is 2.76 bits per heavy atom. The predicted molar refractivity (Wildman–Crippen MR) is 81.7 cm³/mol. The minimum Gasteiger partial charge on any atom is -0.493 e. The van der Waals surface area contributed by atoms with Gasteiger partial charge >= 0.3 is 6.03 Å². The maximum Gasteiger partial charge on any atom is 0.315 e. The summed E-state index contributed by atoms with van der Waals surface area (Å²) in [7, 11) is 1.61. The molecule has 21 heavy (non-hydrogen) atoms. The van der Waals surface area contributed by atoms with Crippen LogP contribution in [0, 0.1) is 5.92 Å². The Bertz CT molecular complexity index is 486. The zero-order valence-corrected chi connectivity index (χ0v) is 12.9. The smallest absolute Gasteiger partial charge is 0.315 e. The second-order valence-electron chi connectivity index (χ2n) is 5.37. The number of hydrogen-bond donors (Lipinski definition) is 2. The molecule has 0 aromatic heterocycles. The summed E-state index contributed by atoms with van der Waals surface area (Å²) in [6.07, 6.45) is 2.44. The Balaban J connectivity index is 1.85. The molecule has 1 aromatic carbocycles. The summed E-state index contributed by atoms with van der Waals surface area (Å²) in [5.74, 6) is 2.06. The van der Waals surface area contributed by atoms with E-state index >= 15 is 0 Å². The molecule has 1 aromatic rings. The molecule has 116 valence electrons. The Morgan fingerprint density at radius 2 is 2.14 bits per heavy atom. The van der Waals surface area contributed by atoms with Gasteiger partial charge in [0.1, 0.15) is 0 Å². The number of urea groups is 1. The van der Waals surface area contributed by atoms with Gasteiger partial charge in [-0.25, -0.2) is 4.79 Å². The lowest BCUT2D eigenvalue weighted by molar-refractivity contribution is 0.236. The van der Waals surface area contributed by atoms with Gasteiger partial charge in [0.25, 0.3) is 0 Å². The molecule has 0 bridgehead atoms. The summed E-state index contributed by atoms with van der Waals surface area (Å²) in [5, 5.41) is 5.84. The fourth-order valence-electron chi connectivity index (χ4n) is 2.25. The van der Waals surface area contributed by atoms with Crippen LogP contribution in [0.1, 0.15) is 32.3 Å². The van der Waals surface area contributed by atoms with Crippen LogP contribution in [0.2, 0.25) is 0 Å². The molecule has 2 N–H and O–H groups in total. The fraction of sp³-hybridized carbons (Fsp3) is 0.562. The van der Waals surface area contributed by atoms with Gasteiger partial charge in [-0.2, -0.15) is 0 Å². The van der Waals surface area contributed by atoms with Crippen molar-refractivity contribution < 1.29 is 14.3 Å². The van der Waals surface area contributed by atoms with Gasteiger partial charge in [0.2, 0.25) is 0 Å². The molecule has 1 aliphatic carbocycles. The van der Waals surface area contributed by atoms with E-state index in [4.69, 9.17) is 9.47 Å². The molecule has 0 radical (unpaired) electrons. The van der Waals surface area contributed by atoms with Gasteiger partial charge in [0, 0.05) is 12.6 Å². The Labute approximate surface area is 126 Å². The topological polar surface area (TPSA) is 59.6 Å². The van der Waals surface area contributed by atoms with Crippen molar-refractivity contribution in [2.75, 3.05) is 13.7 Å². The summed E-state index contributed by atoms with van der Waals surface area (Å²) in [5.41, 5.74) is 0.976. The van der Waals surface area contributed by atoms with Crippen molar-refractivity contribution in [3.05, 3.63) is 23.8 Å². The molecule has 0 aliphatic heterocycles. The summed E-state index contributed by atoms with van der Waals surface area (Å²) < 4.78 is 10.8. The Morgan fingerprint density at radius 1 is 1.38 bits per heavy atom. The minimum atomic E-state index is -0.123. The summed E-state index contributed by atoms with van der Waals surface area (Å²) in [6, 6.07) is 5.81. The van der Waals surface area contributed by atoms with Crippen molar-refractivity contribution >= 4 is 6.03 Å². The van der Waals surface area contributed by atoms with E-state index in [9.17, 15) is 4.79 Å². The van der Waals surface area contributed by atoms with Crippen LogP contribution in [0.5, 0.6) is 11.5 Å². The van der Waals surface area contributed by atoms with E-state index in [1.54, 1.807) is 7.11 Å². The van der Waals surface area contributed by atoms with Gasteiger partial charge in [-0.15, -0.1) is 0 Å². The molecular formula is C16H24N2O3. The van der Waals surface area contributed by atoms with Crippen LogP contribution in [0.4, 0.5) is 4.79 Å². The minimum absolute atomic E-state index is 0.123. The van der Waals surface area contributed by atoms with Gasteiger partial charge in [-0.3, -0.25) is 0 Å². The lowest BCUT2D eigenvalue weighted by Gasteiger charge is -2.14. The van der Waals surface area contributed by atoms with Crippen molar-refractivity contribution in [1.82, 2.24) is 10.6 Å². The van der Waals surface area contributed by atoms with Crippen LogP contribution >= 0.6 is 0 Å². The van der Waals surface area contributed by atoms with E-state index in [1.807, 2.05) is 25.1 Å². The predicted octanol–water partition coefficient (Wildman–Crippen LogP) is 2.69. The largest absolute Gasteiger partial charge is 0.493 e. The molecule has 5 heteroatoms. The third-order valence-electron chi connectivity index (χ3n) is 3.67. The van der Waals surface area contributed by atoms with Crippen LogP contribution < -0.4 is 20.1 Å². The van der Waals surface area contributed by atoms with Crippen LogP contribution in [0.25, 0.3) is 0 Å². The highest BCUT2D eigenvalue weighted by molar-refractivity contribution is 5.74. The van der Waals surface area contributed by atoms with E-state index in [-0.39, 0.29) is 12.1 Å². The SMILES string of the molecule is CCOc1ccc(CNC(=O)NC(C)C2CC2)cc1OC. The fourth-order valence-corrected chi connectivity index (χ4v) is 2.25. The van der Waals surface area contributed by atoms with E-state index in [2.05, 4.69) is 17.6 Å². The zero-order chi connectivity index (χ0) is 15.2. The number of rotatable bonds is 7. The maximum absolute atomic E-state index is 11.8. The lowest BCUT2D eigenvalue weighted by atomic mass is 10.2. The molecule has 0 heterocycles. The number of carbonyl (C=O) groups is 1. The monoisotopic (exact) mass is 292 g/mol. The second kappa shape index (κ2) is 7.20. The number of nitrogens with one attached hydrogen (secondary N) is 2. The number of methoxy groups -OCH3 is 1. The number of carbonyl (C=O) groups excluding carboxylic acids is 1. The molecule has 1 fully saturated rings. The average Bonchev–Trinajstić information content (AvgIpc) is 3.31. The van der Waals surface area contributed by atoms with Crippen LogP contribution in [-0.2, 0) is 6.54 Å². The Kier molecular flexibility index (Phi) is 5.31. The molecule has 1 saturated carbocycles. The maximum atomic E-state index is 11.8. The number of hydrogen-bond acceptors (Lipinski definition) is 3. The van der Waals surface area contributed by atoms with Crippen LogP contribution in [-0.4, -0.2) is 25.8 Å². The van der Waals surface area contributed by atoms with Crippen molar-refractivity contribution in [2.45, 2.75) is 39.3 Å². The molecule has 0 saturated heterocycles. The van der Waals surface area contributed by atoms with Gasteiger partial charge in [0.15, 0.2) is 11.5 Å².